The molecule has 0 spiro atoms. The normalized spacial score (nSPS) is 11.2. The highest BCUT2D eigenvalue weighted by Crippen LogP contribution is 2.38. The molecule has 7 nitrogen and oxygen atoms in total. The third kappa shape index (κ3) is 6.37. The van der Waals surface area contributed by atoms with Crippen LogP contribution in [0.1, 0.15) is 71.1 Å². The average molecular weight is 471 g/mol. The van der Waals surface area contributed by atoms with Crippen molar-refractivity contribution in [3.05, 3.63) is 40.6 Å². The number of benzene rings is 2. The minimum Gasteiger partial charge on any atom is -0.508 e. The zero-order valence-electron chi connectivity index (χ0n) is 19.7. The topological polar surface area (TPSA) is 120 Å². The van der Waals surface area contributed by atoms with Crippen LogP contribution in [-0.4, -0.2) is 27.0 Å². The number of aromatic hydroxyl groups is 4. The molecule has 0 atom stereocenters. The van der Waals surface area contributed by atoms with Gasteiger partial charge < -0.3 is 29.6 Å². The van der Waals surface area contributed by atoms with Gasteiger partial charge in [-0.3, -0.25) is 4.79 Å². The van der Waals surface area contributed by atoms with Crippen LogP contribution in [0.5, 0.6) is 28.7 Å². The van der Waals surface area contributed by atoms with Gasteiger partial charge in [0.1, 0.15) is 22.5 Å². The van der Waals surface area contributed by atoms with Gasteiger partial charge in [0.15, 0.2) is 17.3 Å². The third-order valence-electron chi connectivity index (χ3n) is 5.91. The quantitative estimate of drug-likeness (QED) is 0.208. The Labute approximate surface area is 199 Å². The summed E-state index contributed by atoms with van der Waals surface area (Å²) in [6.07, 6.45) is 12.2. The van der Waals surface area contributed by atoms with E-state index in [-0.39, 0.29) is 33.8 Å². The first kappa shape index (κ1) is 25.3. The Morgan fingerprint density at radius 3 is 2.09 bits per heavy atom. The van der Waals surface area contributed by atoms with Crippen molar-refractivity contribution in [2.45, 2.75) is 71.1 Å². The summed E-state index contributed by atoms with van der Waals surface area (Å²) in [5.41, 5.74) is -0.672. The Kier molecular flexibility index (Phi) is 9.08. The minimum absolute atomic E-state index is 0.0870. The van der Waals surface area contributed by atoms with Crippen LogP contribution < -0.4 is 10.2 Å². The zero-order valence-corrected chi connectivity index (χ0v) is 19.7. The van der Waals surface area contributed by atoms with Gasteiger partial charge in [-0.05, 0) is 24.6 Å². The molecule has 3 aromatic rings. The molecule has 0 fully saturated rings. The lowest BCUT2D eigenvalue weighted by molar-refractivity contribution is 0.289. The van der Waals surface area contributed by atoms with Crippen molar-refractivity contribution in [1.82, 2.24) is 0 Å². The maximum atomic E-state index is 12.5. The number of ether oxygens (including phenoxy) is 1. The maximum Gasteiger partial charge on any atom is 0.238 e. The molecule has 1 aromatic heterocycles. The number of hydrogen-bond donors (Lipinski definition) is 4. The Morgan fingerprint density at radius 1 is 0.794 bits per heavy atom. The Morgan fingerprint density at radius 2 is 1.44 bits per heavy atom. The first-order valence-corrected chi connectivity index (χ1v) is 12.1. The Balaban J connectivity index is 1.55. The highest BCUT2D eigenvalue weighted by atomic mass is 16.5. The van der Waals surface area contributed by atoms with Crippen molar-refractivity contribution < 1.29 is 29.6 Å². The number of phenolic OH excluding ortho intramolecular Hbond substituents is 3. The second-order valence-electron chi connectivity index (χ2n) is 8.66. The predicted molar refractivity (Wildman–Crippen MR) is 132 cm³/mol. The number of fused-ring (bicyclic) bond motifs is 1. The van der Waals surface area contributed by atoms with Crippen LogP contribution in [0.4, 0.5) is 0 Å². The van der Waals surface area contributed by atoms with Gasteiger partial charge in [-0.1, -0.05) is 64.7 Å². The Hall–Kier alpha value is -3.35. The number of phenols is 3. The van der Waals surface area contributed by atoms with Crippen molar-refractivity contribution in [3.63, 3.8) is 0 Å². The molecule has 0 unspecified atom stereocenters. The number of unbranched alkanes of at least 4 members (excludes halogenated alkanes) is 9. The van der Waals surface area contributed by atoms with Crippen LogP contribution in [0.3, 0.4) is 0 Å². The molecule has 0 aliphatic carbocycles. The molecule has 0 amide bonds. The van der Waals surface area contributed by atoms with Crippen LogP contribution in [0.2, 0.25) is 0 Å². The molecule has 0 radical (unpaired) electrons. The number of rotatable bonds is 13. The number of hydrogen-bond acceptors (Lipinski definition) is 7. The highest BCUT2D eigenvalue weighted by Gasteiger charge is 2.19. The van der Waals surface area contributed by atoms with Gasteiger partial charge in [-0.25, -0.2) is 0 Å². The zero-order chi connectivity index (χ0) is 24.5. The summed E-state index contributed by atoms with van der Waals surface area (Å²) < 4.78 is 11.3. The third-order valence-corrected chi connectivity index (χ3v) is 5.91. The van der Waals surface area contributed by atoms with E-state index >= 15 is 0 Å². The predicted octanol–water partition coefficient (Wildman–Crippen LogP) is 6.58. The molecule has 34 heavy (non-hydrogen) atoms. The molecule has 0 saturated heterocycles. The first-order chi connectivity index (χ1) is 16.4. The second kappa shape index (κ2) is 12.2. The molecule has 4 N–H and O–H groups in total. The van der Waals surface area contributed by atoms with Crippen LogP contribution >= 0.6 is 0 Å². The summed E-state index contributed by atoms with van der Waals surface area (Å²) in [6.45, 7) is 2.71. The van der Waals surface area contributed by atoms with E-state index in [1.54, 1.807) is 12.1 Å². The molecule has 7 heteroatoms. The van der Waals surface area contributed by atoms with Gasteiger partial charge in [-0.15, -0.1) is 0 Å². The van der Waals surface area contributed by atoms with E-state index < -0.39 is 16.9 Å². The SMILES string of the molecule is CCCCCCCCCCCCOc1ccc(-c2oc3cc(O)cc(O)c3c(=O)c2O)cc1O. The smallest absolute Gasteiger partial charge is 0.238 e. The van der Waals surface area contributed by atoms with E-state index in [1.807, 2.05) is 0 Å². The van der Waals surface area contributed by atoms with Crippen molar-refractivity contribution >= 4 is 11.0 Å². The van der Waals surface area contributed by atoms with E-state index in [2.05, 4.69) is 6.92 Å². The van der Waals surface area contributed by atoms with E-state index in [0.717, 1.165) is 18.9 Å². The first-order valence-electron chi connectivity index (χ1n) is 12.1. The van der Waals surface area contributed by atoms with Crippen LogP contribution in [0, 0.1) is 0 Å². The summed E-state index contributed by atoms with van der Waals surface area (Å²) in [5, 5.41) is 40.0. The van der Waals surface area contributed by atoms with Crippen molar-refractivity contribution in [2.24, 2.45) is 0 Å². The van der Waals surface area contributed by atoms with E-state index in [9.17, 15) is 25.2 Å². The van der Waals surface area contributed by atoms with Gasteiger partial charge in [-0.2, -0.15) is 0 Å². The standard InChI is InChI=1S/C27H34O7/c1-2-3-4-5-6-7-8-9-10-11-14-33-22-13-12-18(15-20(22)29)27-26(32)25(31)24-21(30)16-19(28)17-23(24)34-27/h12-13,15-17,28-30,32H,2-11,14H2,1H3. The van der Waals surface area contributed by atoms with Crippen molar-refractivity contribution in [2.75, 3.05) is 6.61 Å². The van der Waals surface area contributed by atoms with E-state index in [0.29, 0.717) is 12.4 Å². The van der Waals surface area contributed by atoms with Crippen molar-refractivity contribution in [3.8, 4) is 40.1 Å². The summed E-state index contributed by atoms with van der Waals surface area (Å²) in [7, 11) is 0. The second-order valence-corrected chi connectivity index (χ2v) is 8.66. The summed E-state index contributed by atoms with van der Waals surface area (Å²) in [5.74, 6) is -1.51. The van der Waals surface area contributed by atoms with Gasteiger partial charge in [0, 0.05) is 17.7 Å². The summed E-state index contributed by atoms with van der Waals surface area (Å²) in [6, 6.07) is 6.60. The molecule has 0 bridgehead atoms. The largest absolute Gasteiger partial charge is 0.508 e. The summed E-state index contributed by atoms with van der Waals surface area (Å²) >= 11 is 0. The van der Waals surface area contributed by atoms with Crippen LogP contribution in [0.25, 0.3) is 22.3 Å². The minimum atomic E-state index is -0.838. The maximum absolute atomic E-state index is 12.5. The average Bonchev–Trinajstić information content (AvgIpc) is 2.80. The van der Waals surface area contributed by atoms with E-state index in [1.165, 1.54) is 63.5 Å². The lowest BCUT2D eigenvalue weighted by atomic mass is 10.1. The molecular weight excluding hydrogens is 436 g/mol. The molecule has 2 aromatic carbocycles. The van der Waals surface area contributed by atoms with Crippen LogP contribution in [0.15, 0.2) is 39.5 Å². The Bertz CT molecular complexity index is 1150. The van der Waals surface area contributed by atoms with Gasteiger partial charge in [0.25, 0.3) is 0 Å². The highest BCUT2D eigenvalue weighted by molar-refractivity contribution is 5.88. The monoisotopic (exact) mass is 470 g/mol. The fourth-order valence-electron chi connectivity index (χ4n) is 4.02. The molecular formula is C27H34O7. The van der Waals surface area contributed by atoms with E-state index in [4.69, 9.17) is 9.15 Å². The van der Waals surface area contributed by atoms with Crippen molar-refractivity contribution in [1.29, 1.82) is 0 Å². The molecule has 0 aliphatic heterocycles. The van der Waals surface area contributed by atoms with Crippen LogP contribution in [-0.2, 0) is 0 Å². The molecule has 3 rings (SSSR count). The summed E-state index contributed by atoms with van der Waals surface area (Å²) in [4.78, 5) is 12.5. The van der Waals surface area contributed by atoms with Gasteiger partial charge in [0.05, 0.1) is 6.61 Å². The molecule has 184 valence electrons. The van der Waals surface area contributed by atoms with Gasteiger partial charge >= 0.3 is 0 Å². The molecule has 0 saturated carbocycles. The molecule has 0 aliphatic rings. The lowest BCUT2D eigenvalue weighted by Crippen LogP contribution is -2.03. The fourth-order valence-corrected chi connectivity index (χ4v) is 4.02. The lowest BCUT2D eigenvalue weighted by Gasteiger charge is -2.11. The fraction of sp³-hybridized carbons (Fsp3) is 0.444. The van der Waals surface area contributed by atoms with Gasteiger partial charge in [0.2, 0.25) is 11.2 Å². The molecule has 1 heterocycles.